The molecule has 0 radical (unpaired) electrons. The standard InChI is InChI=1S/C17H25NO5/c1-5-21-14-9-7-6-8-13(14)12-22-15(19)10-11-18-16(20)23-17(2,3)4/h6-9H,5,10-12H2,1-4H3,(H,18,20). The van der Waals surface area contributed by atoms with Crippen molar-refractivity contribution in [2.24, 2.45) is 0 Å². The van der Waals surface area contributed by atoms with E-state index in [0.717, 1.165) is 5.56 Å². The van der Waals surface area contributed by atoms with E-state index in [4.69, 9.17) is 14.2 Å². The van der Waals surface area contributed by atoms with Gasteiger partial charge < -0.3 is 19.5 Å². The van der Waals surface area contributed by atoms with Gasteiger partial charge in [0.25, 0.3) is 0 Å². The summed E-state index contributed by atoms with van der Waals surface area (Å²) in [6.07, 6.45) is -0.470. The Morgan fingerprint density at radius 3 is 2.52 bits per heavy atom. The van der Waals surface area contributed by atoms with Crippen molar-refractivity contribution in [1.29, 1.82) is 0 Å². The fourth-order valence-corrected chi connectivity index (χ4v) is 1.73. The first-order valence-corrected chi connectivity index (χ1v) is 7.65. The Bertz CT molecular complexity index is 522. The molecule has 1 N–H and O–H groups in total. The second-order valence-electron chi connectivity index (χ2n) is 5.88. The number of carbonyl (C=O) groups is 2. The van der Waals surface area contributed by atoms with E-state index in [9.17, 15) is 9.59 Å². The number of para-hydroxylation sites is 1. The Hall–Kier alpha value is -2.24. The van der Waals surface area contributed by atoms with E-state index in [-0.39, 0.29) is 19.6 Å². The van der Waals surface area contributed by atoms with Crippen LogP contribution in [0.2, 0.25) is 0 Å². The van der Waals surface area contributed by atoms with E-state index in [1.807, 2.05) is 31.2 Å². The molecule has 1 aromatic rings. The zero-order valence-electron chi connectivity index (χ0n) is 14.2. The summed E-state index contributed by atoms with van der Waals surface area (Å²) in [4.78, 5) is 23.1. The number of nitrogens with one attached hydrogen (secondary N) is 1. The summed E-state index contributed by atoms with van der Waals surface area (Å²) in [5.41, 5.74) is 0.246. The topological polar surface area (TPSA) is 73.9 Å². The molecule has 0 saturated carbocycles. The zero-order chi connectivity index (χ0) is 17.3. The van der Waals surface area contributed by atoms with E-state index >= 15 is 0 Å². The first-order valence-electron chi connectivity index (χ1n) is 7.65. The molecule has 0 atom stereocenters. The van der Waals surface area contributed by atoms with E-state index < -0.39 is 17.7 Å². The predicted octanol–water partition coefficient (Wildman–Crippen LogP) is 3.04. The van der Waals surface area contributed by atoms with E-state index in [0.29, 0.717) is 12.4 Å². The fraction of sp³-hybridized carbons (Fsp3) is 0.529. The Balaban J connectivity index is 2.31. The summed E-state index contributed by atoms with van der Waals surface area (Å²) in [5, 5.41) is 2.51. The maximum atomic E-state index is 11.7. The number of rotatable bonds is 7. The Kier molecular flexibility index (Phi) is 7.38. The highest BCUT2D eigenvalue weighted by atomic mass is 16.6. The fourth-order valence-electron chi connectivity index (χ4n) is 1.73. The lowest BCUT2D eigenvalue weighted by Gasteiger charge is -2.19. The molecule has 0 aromatic heterocycles. The summed E-state index contributed by atoms with van der Waals surface area (Å²) < 4.78 is 15.7. The van der Waals surface area contributed by atoms with Crippen LogP contribution in [0.3, 0.4) is 0 Å². The van der Waals surface area contributed by atoms with Gasteiger partial charge in [-0.2, -0.15) is 0 Å². The molecule has 0 heterocycles. The van der Waals surface area contributed by atoms with E-state index in [1.54, 1.807) is 20.8 Å². The van der Waals surface area contributed by atoms with Crippen LogP contribution in [0.25, 0.3) is 0 Å². The van der Waals surface area contributed by atoms with Crippen LogP contribution in [-0.2, 0) is 20.9 Å². The molecule has 0 fully saturated rings. The lowest BCUT2D eigenvalue weighted by molar-refractivity contribution is -0.144. The Labute approximate surface area is 137 Å². The van der Waals surface area contributed by atoms with Gasteiger partial charge in [0, 0.05) is 12.1 Å². The van der Waals surface area contributed by atoms with Gasteiger partial charge in [0.15, 0.2) is 0 Å². The minimum absolute atomic E-state index is 0.0794. The molecule has 0 aliphatic carbocycles. The molecule has 1 rings (SSSR count). The van der Waals surface area contributed by atoms with Crippen LogP contribution in [0, 0.1) is 0 Å². The predicted molar refractivity (Wildman–Crippen MR) is 86.3 cm³/mol. The van der Waals surface area contributed by atoms with Gasteiger partial charge >= 0.3 is 12.1 Å². The zero-order valence-corrected chi connectivity index (χ0v) is 14.2. The number of carbonyl (C=O) groups excluding carboxylic acids is 2. The van der Waals surface area contributed by atoms with Crippen LogP contribution in [0.15, 0.2) is 24.3 Å². The molecule has 6 heteroatoms. The van der Waals surface area contributed by atoms with Crippen LogP contribution in [0.1, 0.15) is 39.7 Å². The summed E-state index contributed by atoms with van der Waals surface area (Å²) in [6, 6.07) is 7.39. The lowest BCUT2D eigenvalue weighted by Crippen LogP contribution is -2.33. The maximum absolute atomic E-state index is 11.7. The second kappa shape index (κ2) is 9.02. The number of benzene rings is 1. The third-order valence-electron chi connectivity index (χ3n) is 2.66. The van der Waals surface area contributed by atoms with Crippen molar-refractivity contribution in [2.75, 3.05) is 13.2 Å². The van der Waals surface area contributed by atoms with Crippen LogP contribution < -0.4 is 10.1 Å². The largest absolute Gasteiger partial charge is 0.493 e. The van der Waals surface area contributed by atoms with Crippen LogP contribution in [-0.4, -0.2) is 30.8 Å². The lowest BCUT2D eigenvalue weighted by atomic mass is 10.2. The van der Waals surface area contributed by atoms with Gasteiger partial charge in [0.05, 0.1) is 13.0 Å². The summed E-state index contributed by atoms with van der Waals surface area (Å²) >= 11 is 0. The van der Waals surface area contributed by atoms with Crippen molar-refractivity contribution in [3.05, 3.63) is 29.8 Å². The number of esters is 1. The van der Waals surface area contributed by atoms with E-state index in [2.05, 4.69) is 5.32 Å². The SMILES string of the molecule is CCOc1ccccc1COC(=O)CCNC(=O)OC(C)(C)C. The van der Waals surface area contributed by atoms with Gasteiger partial charge in [-0.1, -0.05) is 18.2 Å². The molecular formula is C17H25NO5. The average molecular weight is 323 g/mol. The molecule has 0 bridgehead atoms. The van der Waals surface area contributed by atoms with Crippen LogP contribution in [0.5, 0.6) is 5.75 Å². The maximum Gasteiger partial charge on any atom is 0.407 e. The Morgan fingerprint density at radius 2 is 1.87 bits per heavy atom. The molecule has 6 nitrogen and oxygen atoms in total. The highest BCUT2D eigenvalue weighted by Gasteiger charge is 2.16. The minimum Gasteiger partial charge on any atom is -0.493 e. The number of ether oxygens (including phenoxy) is 3. The second-order valence-corrected chi connectivity index (χ2v) is 5.88. The minimum atomic E-state index is -0.562. The molecule has 1 aromatic carbocycles. The van der Waals surface area contributed by atoms with Gasteiger partial charge in [-0.25, -0.2) is 4.79 Å². The van der Waals surface area contributed by atoms with Gasteiger partial charge in [0.1, 0.15) is 18.0 Å². The molecule has 0 spiro atoms. The monoisotopic (exact) mass is 323 g/mol. The molecule has 23 heavy (non-hydrogen) atoms. The van der Waals surface area contributed by atoms with Gasteiger partial charge in [-0.3, -0.25) is 4.79 Å². The molecule has 0 aliphatic rings. The average Bonchev–Trinajstić information content (AvgIpc) is 2.45. The van der Waals surface area contributed by atoms with Gasteiger partial charge in [0.2, 0.25) is 0 Å². The number of amides is 1. The number of hydrogen-bond acceptors (Lipinski definition) is 5. The third-order valence-corrected chi connectivity index (χ3v) is 2.66. The molecule has 1 amide bonds. The van der Waals surface area contributed by atoms with Crippen molar-refractivity contribution >= 4 is 12.1 Å². The van der Waals surface area contributed by atoms with Crippen LogP contribution >= 0.6 is 0 Å². The third kappa shape index (κ3) is 8.09. The van der Waals surface area contributed by atoms with Crippen molar-refractivity contribution < 1.29 is 23.8 Å². The number of alkyl carbamates (subject to hydrolysis) is 1. The Morgan fingerprint density at radius 1 is 1.17 bits per heavy atom. The normalized spacial score (nSPS) is 10.8. The van der Waals surface area contributed by atoms with Crippen molar-refractivity contribution in [3.8, 4) is 5.75 Å². The van der Waals surface area contributed by atoms with Gasteiger partial charge in [-0.15, -0.1) is 0 Å². The van der Waals surface area contributed by atoms with Crippen LogP contribution in [0.4, 0.5) is 4.79 Å². The quantitative estimate of drug-likeness (QED) is 0.781. The van der Waals surface area contributed by atoms with E-state index in [1.165, 1.54) is 0 Å². The summed E-state index contributed by atoms with van der Waals surface area (Å²) in [6.45, 7) is 8.07. The highest BCUT2D eigenvalue weighted by Crippen LogP contribution is 2.18. The first-order chi connectivity index (χ1) is 10.8. The molecule has 0 aliphatic heterocycles. The van der Waals surface area contributed by atoms with Crippen molar-refractivity contribution in [2.45, 2.75) is 46.3 Å². The number of hydrogen-bond donors (Lipinski definition) is 1. The smallest absolute Gasteiger partial charge is 0.407 e. The summed E-state index contributed by atoms with van der Waals surface area (Å²) in [5.74, 6) is 0.307. The highest BCUT2D eigenvalue weighted by molar-refractivity contribution is 5.72. The molecular weight excluding hydrogens is 298 g/mol. The molecule has 0 unspecified atom stereocenters. The van der Waals surface area contributed by atoms with Crippen molar-refractivity contribution in [3.63, 3.8) is 0 Å². The molecule has 0 saturated heterocycles. The van der Waals surface area contributed by atoms with Crippen molar-refractivity contribution in [1.82, 2.24) is 5.32 Å². The molecule has 128 valence electrons. The summed E-state index contributed by atoms with van der Waals surface area (Å²) in [7, 11) is 0. The first kappa shape index (κ1) is 18.8. The van der Waals surface area contributed by atoms with Gasteiger partial charge in [-0.05, 0) is 33.8 Å².